The smallest absolute Gasteiger partial charge is 0.317 e. The number of amides is 1. The summed E-state index contributed by atoms with van der Waals surface area (Å²) < 4.78 is 6.87. The number of carbonyl (C=O) groups is 2. The lowest BCUT2D eigenvalue weighted by Crippen LogP contribution is -2.41. The SMILES string of the molecule is Cc1ccc(C)c(-n2nnnc2SCC(=O)O[C@@H](C)C(=O)NC2CCCC2)c1. The van der Waals surface area contributed by atoms with Gasteiger partial charge in [0, 0.05) is 6.04 Å². The van der Waals surface area contributed by atoms with Gasteiger partial charge in [-0.3, -0.25) is 9.59 Å². The number of thioether (sulfide) groups is 1. The van der Waals surface area contributed by atoms with Crippen LogP contribution in [0.1, 0.15) is 43.7 Å². The number of ether oxygens (including phenoxy) is 1. The Morgan fingerprint density at radius 3 is 2.82 bits per heavy atom. The predicted octanol–water partition coefficient (Wildman–Crippen LogP) is 2.36. The molecule has 1 aromatic carbocycles. The molecular weight excluding hydrogens is 378 g/mol. The molecule has 0 saturated heterocycles. The van der Waals surface area contributed by atoms with Gasteiger partial charge in [-0.25, -0.2) is 0 Å². The van der Waals surface area contributed by atoms with Crippen LogP contribution >= 0.6 is 11.8 Å². The molecule has 1 fully saturated rings. The molecule has 1 aliphatic rings. The molecule has 1 saturated carbocycles. The summed E-state index contributed by atoms with van der Waals surface area (Å²) in [6.45, 7) is 5.56. The van der Waals surface area contributed by atoms with Crippen LogP contribution in [0, 0.1) is 13.8 Å². The Labute approximate surface area is 168 Å². The number of aromatic nitrogens is 4. The molecule has 3 rings (SSSR count). The van der Waals surface area contributed by atoms with Crippen LogP contribution < -0.4 is 5.32 Å². The van der Waals surface area contributed by atoms with E-state index in [0.717, 1.165) is 42.5 Å². The zero-order valence-corrected chi connectivity index (χ0v) is 17.2. The first-order valence-corrected chi connectivity index (χ1v) is 10.4. The average molecular weight is 404 g/mol. The van der Waals surface area contributed by atoms with Gasteiger partial charge >= 0.3 is 5.97 Å². The third kappa shape index (κ3) is 5.09. The predicted molar refractivity (Wildman–Crippen MR) is 105 cm³/mol. The van der Waals surface area contributed by atoms with Crippen molar-refractivity contribution in [2.45, 2.75) is 63.8 Å². The van der Waals surface area contributed by atoms with E-state index in [0.29, 0.717) is 5.16 Å². The van der Waals surface area contributed by atoms with Crippen molar-refractivity contribution in [3.05, 3.63) is 29.3 Å². The average Bonchev–Trinajstić information content (AvgIpc) is 3.33. The summed E-state index contributed by atoms with van der Waals surface area (Å²) in [7, 11) is 0. The third-order valence-corrected chi connectivity index (χ3v) is 5.62. The maximum atomic E-state index is 12.2. The van der Waals surface area contributed by atoms with Gasteiger partial charge in [-0.15, -0.1) is 5.10 Å². The lowest BCUT2D eigenvalue weighted by Gasteiger charge is -2.17. The summed E-state index contributed by atoms with van der Waals surface area (Å²) in [5, 5.41) is 15.2. The second kappa shape index (κ2) is 9.18. The van der Waals surface area contributed by atoms with E-state index < -0.39 is 12.1 Å². The van der Waals surface area contributed by atoms with Gasteiger partial charge in [0.1, 0.15) is 0 Å². The van der Waals surface area contributed by atoms with Crippen molar-refractivity contribution in [3.63, 3.8) is 0 Å². The Kier molecular flexibility index (Phi) is 6.66. The topological polar surface area (TPSA) is 99.0 Å². The van der Waals surface area contributed by atoms with Crippen molar-refractivity contribution in [3.8, 4) is 5.69 Å². The van der Waals surface area contributed by atoms with E-state index >= 15 is 0 Å². The fraction of sp³-hybridized carbons (Fsp3) is 0.526. The highest BCUT2D eigenvalue weighted by Crippen LogP contribution is 2.22. The zero-order chi connectivity index (χ0) is 20.1. The van der Waals surface area contributed by atoms with E-state index in [1.54, 1.807) is 11.6 Å². The van der Waals surface area contributed by atoms with E-state index in [1.165, 1.54) is 11.8 Å². The molecule has 28 heavy (non-hydrogen) atoms. The highest BCUT2D eigenvalue weighted by atomic mass is 32.2. The number of aryl methyl sites for hydroxylation is 2. The molecular formula is C19H25N5O3S. The Morgan fingerprint density at radius 2 is 2.07 bits per heavy atom. The van der Waals surface area contributed by atoms with E-state index in [1.807, 2.05) is 32.0 Å². The van der Waals surface area contributed by atoms with Gasteiger partial charge in [0.2, 0.25) is 5.16 Å². The van der Waals surface area contributed by atoms with Crippen LogP contribution in [0.2, 0.25) is 0 Å². The maximum absolute atomic E-state index is 12.2. The molecule has 1 aliphatic carbocycles. The molecule has 1 amide bonds. The fourth-order valence-electron chi connectivity index (χ4n) is 3.16. The largest absolute Gasteiger partial charge is 0.452 e. The minimum Gasteiger partial charge on any atom is -0.452 e. The second-order valence-electron chi connectivity index (χ2n) is 7.07. The quantitative estimate of drug-likeness (QED) is 0.560. The Bertz CT molecular complexity index is 848. The molecule has 0 spiro atoms. The number of hydrogen-bond acceptors (Lipinski definition) is 7. The van der Waals surface area contributed by atoms with Crippen LogP contribution in [0.15, 0.2) is 23.4 Å². The summed E-state index contributed by atoms with van der Waals surface area (Å²) in [6, 6.07) is 6.21. The van der Waals surface area contributed by atoms with Crippen molar-refractivity contribution >= 4 is 23.6 Å². The number of nitrogens with zero attached hydrogens (tertiary/aromatic N) is 4. The first-order valence-electron chi connectivity index (χ1n) is 9.42. The van der Waals surface area contributed by atoms with Crippen molar-refractivity contribution in [2.24, 2.45) is 0 Å². The highest BCUT2D eigenvalue weighted by molar-refractivity contribution is 7.99. The highest BCUT2D eigenvalue weighted by Gasteiger charge is 2.23. The minimum absolute atomic E-state index is 0.0201. The minimum atomic E-state index is -0.816. The molecule has 0 aliphatic heterocycles. The molecule has 1 aromatic heterocycles. The monoisotopic (exact) mass is 403 g/mol. The Morgan fingerprint density at radius 1 is 1.32 bits per heavy atom. The zero-order valence-electron chi connectivity index (χ0n) is 16.3. The molecule has 8 nitrogen and oxygen atoms in total. The maximum Gasteiger partial charge on any atom is 0.317 e. The molecule has 150 valence electrons. The first-order chi connectivity index (χ1) is 13.4. The standard InChI is InChI=1S/C19H25N5O3S/c1-12-8-9-13(2)16(10-12)24-19(21-22-23-24)28-11-17(25)27-14(3)18(26)20-15-6-4-5-7-15/h8-10,14-15H,4-7,11H2,1-3H3,(H,20,26)/t14-/m0/s1. The first kappa shape index (κ1) is 20.3. The van der Waals surface area contributed by atoms with Gasteiger partial charge in [0.15, 0.2) is 6.10 Å². The van der Waals surface area contributed by atoms with Crippen LogP contribution in [-0.4, -0.2) is 50.0 Å². The molecule has 1 heterocycles. The summed E-state index contributed by atoms with van der Waals surface area (Å²) in [6.07, 6.45) is 3.42. The molecule has 0 unspecified atom stereocenters. The lowest BCUT2D eigenvalue weighted by atomic mass is 10.1. The summed E-state index contributed by atoms with van der Waals surface area (Å²) in [5.74, 6) is -0.702. The third-order valence-electron chi connectivity index (χ3n) is 4.73. The molecule has 1 N–H and O–H groups in total. The Hall–Kier alpha value is -2.42. The molecule has 0 radical (unpaired) electrons. The van der Waals surface area contributed by atoms with E-state index in [4.69, 9.17) is 4.74 Å². The van der Waals surface area contributed by atoms with Crippen LogP contribution in [0.4, 0.5) is 0 Å². The van der Waals surface area contributed by atoms with Gasteiger partial charge in [-0.1, -0.05) is 36.7 Å². The Balaban J connectivity index is 1.54. The van der Waals surface area contributed by atoms with Gasteiger partial charge in [0.25, 0.3) is 5.91 Å². The van der Waals surface area contributed by atoms with Crippen LogP contribution in [0.25, 0.3) is 5.69 Å². The van der Waals surface area contributed by atoms with Crippen LogP contribution in [0.3, 0.4) is 0 Å². The van der Waals surface area contributed by atoms with Crippen LogP contribution in [-0.2, 0) is 14.3 Å². The van der Waals surface area contributed by atoms with Crippen molar-refractivity contribution < 1.29 is 14.3 Å². The fourth-order valence-corrected chi connectivity index (χ4v) is 3.83. The van der Waals surface area contributed by atoms with Crippen molar-refractivity contribution in [1.82, 2.24) is 25.5 Å². The summed E-state index contributed by atoms with van der Waals surface area (Å²) in [5.41, 5.74) is 2.98. The van der Waals surface area contributed by atoms with E-state index in [-0.39, 0.29) is 17.7 Å². The number of rotatable bonds is 7. The van der Waals surface area contributed by atoms with E-state index in [9.17, 15) is 9.59 Å². The van der Waals surface area contributed by atoms with Crippen molar-refractivity contribution in [1.29, 1.82) is 0 Å². The number of benzene rings is 1. The van der Waals surface area contributed by atoms with Gasteiger partial charge in [-0.2, -0.15) is 4.68 Å². The normalized spacial score (nSPS) is 15.4. The molecule has 1 atom stereocenters. The molecule has 2 aromatic rings. The number of tetrazole rings is 1. The van der Waals surface area contributed by atoms with Crippen molar-refractivity contribution in [2.75, 3.05) is 5.75 Å². The number of nitrogens with one attached hydrogen (secondary N) is 1. The summed E-state index contributed by atoms with van der Waals surface area (Å²) in [4.78, 5) is 24.3. The number of carbonyl (C=O) groups excluding carboxylic acids is 2. The van der Waals surface area contributed by atoms with Crippen LogP contribution in [0.5, 0.6) is 0 Å². The van der Waals surface area contributed by atoms with E-state index in [2.05, 4.69) is 20.8 Å². The lowest BCUT2D eigenvalue weighted by molar-refractivity contribution is -0.152. The number of esters is 1. The van der Waals surface area contributed by atoms with Gasteiger partial charge in [0.05, 0.1) is 11.4 Å². The molecule has 9 heteroatoms. The summed E-state index contributed by atoms with van der Waals surface area (Å²) >= 11 is 1.18. The molecule has 0 bridgehead atoms. The second-order valence-corrected chi connectivity index (χ2v) is 8.02. The number of hydrogen-bond donors (Lipinski definition) is 1. The van der Waals surface area contributed by atoms with Gasteiger partial charge < -0.3 is 10.1 Å². The van der Waals surface area contributed by atoms with Gasteiger partial charge in [-0.05, 0) is 61.2 Å².